The number of furan rings is 1. The van der Waals surface area contributed by atoms with E-state index in [1.54, 1.807) is 0 Å². The summed E-state index contributed by atoms with van der Waals surface area (Å²) in [5.41, 5.74) is -0.316. The van der Waals surface area contributed by atoms with Gasteiger partial charge in [0.05, 0.1) is 0 Å². The van der Waals surface area contributed by atoms with Crippen molar-refractivity contribution >= 4 is 16.0 Å². The molecule has 0 bridgehead atoms. The summed E-state index contributed by atoms with van der Waals surface area (Å²) in [7, 11) is -2.55. The van der Waals surface area contributed by atoms with Crippen LogP contribution in [0.2, 0.25) is 0 Å². The topological polar surface area (TPSA) is 87.8 Å². The Kier molecular flexibility index (Phi) is 3.98. The predicted molar refractivity (Wildman–Crippen MR) is 65.2 cm³/mol. The zero-order valence-electron chi connectivity index (χ0n) is 10.4. The van der Waals surface area contributed by atoms with Gasteiger partial charge in [0.25, 0.3) is 0 Å². The predicted octanol–water partition coefficient (Wildman–Crippen LogP) is 1.40. The molecule has 18 heavy (non-hydrogen) atoms. The van der Waals surface area contributed by atoms with Crippen molar-refractivity contribution in [2.24, 2.45) is 0 Å². The van der Waals surface area contributed by atoms with E-state index in [0.29, 0.717) is 0 Å². The second-order valence-corrected chi connectivity index (χ2v) is 5.78. The van der Waals surface area contributed by atoms with Crippen LogP contribution >= 0.6 is 0 Å². The Morgan fingerprint density at radius 1 is 1.44 bits per heavy atom. The summed E-state index contributed by atoms with van der Waals surface area (Å²) in [6.07, 6.45) is 1.42. The first-order valence-electron chi connectivity index (χ1n) is 5.14. The standard InChI is InChI=1S/C11H15NO5S/c1-5-6-12(4)18(15,16)10-8(3)17-7(2)9(10)11(13)14/h5H,1,6H2,2-4H3,(H,13,14). The largest absolute Gasteiger partial charge is 0.478 e. The molecule has 0 aliphatic carbocycles. The SMILES string of the molecule is C=CCN(C)S(=O)(=O)c1c(C)oc(C)c1C(=O)O. The fraction of sp³-hybridized carbons (Fsp3) is 0.364. The molecule has 0 amide bonds. The lowest BCUT2D eigenvalue weighted by Gasteiger charge is -2.15. The maximum atomic E-state index is 12.2. The highest BCUT2D eigenvalue weighted by molar-refractivity contribution is 7.89. The molecule has 0 aromatic carbocycles. The van der Waals surface area contributed by atoms with Gasteiger partial charge in [0.1, 0.15) is 22.0 Å². The van der Waals surface area contributed by atoms with E-state index in [0.717, 1.165) is 4.31 Å². The Balaban J connectivity index is 3.50. The first-order valence-corrected chi connectivity index (χ1v) is 6.58. The Labute approximate surface area is 106 Å². The third kappa shape index (κ3) is 2.32. The lowest BCUT2D eigenvalue weighted by molar-refractivity contribution is 0.0691. The molecular weight excluding hydrogens is 258 g/mol. The molecule has 0 radical (unpaired) electrons. The van der Waals surface area contributed by atoms with E-state index in [4.69, 9.17) is 9.52 Å². The van der Waals surface area contributed by atoms with Gasteiger partial charge in [-0.25, -0.2) is 13.2 Å². The Hall–Kier alpha value is -1.60. The van der Waals surface area contributed by atoms with Crippen LogP contribution in [0.5, 0.6) is 0 Å². The van der Waals surface area contributed by atoms with Crippen LogP contribution in [0.4, 0.5) is 0 Å². The van der Waals surface area contributed by atoms with Crippen molar-refractivity contribution in [1.29, 1.82) is 0 Å². The molecule has 1 N–H and O–H groups in total. The van der Waals surface area contributed by atoms with Crippen LogP contribution in [0, 0.1) is 13.8 Å². The number of carboxylic acids is 1. The minimum atomic E-state index is -3.90. The molecule has 0 aliphatic rings. The maximum absolute atomic E-state index is 12.2. The molecule has 0 saturated heterocycles. The Morgan fingerprint density at radius 2 is 2.00 bits per heavy atom. The number of nitrogens with zero attached hydrogens (tertiary/aromatic N) is 1. The summed E-state index contributed by atoms with van der Waals surface area (Å²) in [5, 5.41) is 9.07. The number of likely N-dealkylation sites (N-methyl/N-ethyl adjacent to an activating group) is 1. The van der Waals surface area contributed by atoms with E-state index in [9.17, 15) is 13.2 Å². The van der Waals surface area contributed by atoms with Gasteiger partial charge in [-0.15, -0.1) is 6.58 Å². The number of aromatic carboxylic acids is 1. The van der Waals surface area contributed by atoms with E-state index < -0.39 is 16.0 Å². The number of carbonyl (C=O) groups is 1. The first kappa shape index (κ1) is 14.5. The summed E-state index contributed by atoms with van der Waals surface area (Å²) in [4.78, 5) is 10.8. The van der Waals surface area contributed by atoms with Crippen molar-refractivity contribution in [2.75, 3.05) is 13.6 Å². The van der Waals surface area contributed by atoms with Crippen LogP contribution < -0.4 is 0 Å². The summed E-state index contributed by atoms with van der Waals surface area (Å²) < 4.78 is 30.6. The monoisotopic (exact) mass is 273 g/mol. The Bertz CT molecular complexity index is 585. The highest BCUT2D eigenvalue weighted by Gasteiger charge is 2.33. The molecule has 0 spiro atoms. The third-order valence-electron chi connectivity index (χ3n) is 2.47. The van der Waals surface area contributed by atoms with E-state index in [1.807, 2.05) is 0 Å². The van der Waals surface area contributed by atoms with Crippen molar-refractivity contribution in [3.63, 3.8) is 0 Å². The van der Waals surface area contributed by atoms with Crippen molar-refractivity contribution in [3.8, 4) is 0 Å². The molecule has 0 unspecified atom stereocenters. The van der Waals surface area contributed by atoms with Gasteiger partial charge in [-0.2, -0.15) is 4.31 Å². The van der Waals surface area contributed by atoms with Gasteiger partial charge < -0.3 is 9.52 Å². The minimum Gasteiger partial charge on any atom is -0.478 e. The van der Waals surface area contributed by atoms with E-state index in [2.05, 4.69) is 6.58 Å². The number of sulfonamides is 1. The van der Waals surface area contributed by atoms with Crippen molar-refractivity contribution in [1.82, 2.24) is 4.31 Å². The van der Waals surface area contributed by atoms with E-state index in [-0.39, 0.29) is 28.5 Å². The van der Waals surface area contributed by atoms with E-state index >= 15 is 0 Å². The van der Waals surface area contributed by atoms with Gasteiger partial charge in [0.15, 0.2) is 0 Å². The third-order valence-corrected chi connectivity index (χ3v) is 4.45. The second-order valence-electron chi connectivity index (χ2n) is 3.80. The average Bonchev–Trinajstić information content (AvgIpc) is 2.54. The number of hydrogen-bond acceptors (Lipinski definition) is 4. The Morgan fingerprint density at radius 3 is 2.44 bits per heavy atom. The van der Waals surface area contributed by atoms with E-state index in [1.165, 1.54) is 27.0 Å². The summed E-state index contributed by atoms with van der Waals surface area (Å²) in [6, 6.07) is 0. The van der Waals surface area contributed by atoms with Crippen molar-refractivity contribution in [2.45, 2.75) is 18.7 Å². The fourth-order valence-electron chi connectivity index (χ4n) is 1.66. The van der Waals surface area contributed by atoms with Crippen LogP contribution in [0.15, 0.2) is 22.0 Å². The first-order chi connectivity index (χ1) is 8.23. The lowest BCUT2D eigenvalue weighted by atomic mass is 10.2. The molecule has 1 aromatic heterocycles. The normalized spacial score (nSPS) is 11.8. The smallest absolute Gasteiger partial charge is 0.340 e. The molecule has 0 saturated carbocycles. The van der Waals surface area contributed by atoms with Gasteiger partial charge in [-0.05, 0) is 13.8 Å². The molecule has 6 nitrogen and oxygen atoms in total. The molecule has 0 aliphatic heterocycles. The van der Waals surface area contributed by atoms with Gasteiger partial charge in [-0.1, -0.05) is 6.08 Å². The highest BCUT2D eigenvalue weighted by atomic mass is 32.2. The molecule has 100 valence electrons. The number of aryl methyl sites for hydroxylation is 2. The zero-order chi connectivity index (χ0) is 14.1. The fourth-order valence-corrected chi connectivity index (χ4v) is 3.16. The van der Waals surface area contributed by atoms with Crippen LogP contribution in [-0.4, -0.2) is 37.4 Å². The minimum absolute atomic E-state index is 0.0702. The average molecular weight is 273 g/mol. The highest BCUT2D eigenvalue weighted by Crippen LogP contribution is 2.28. The molecule has 1 aromatic rings. The van der Waals surface area contributed by atoms with Gasteiger partial charge in [0, 0.05) is 13.6 Å². The van der Waals surface area contributed by atoms with Gasteiger partial charge in [0.2, 0.25) is 10.0 Å². The maximum Gasteiger partial charge on any atom is 0.340 e. The van der Waals surface area contributed by atoms with Crippen molar-refractivity contribution < 1.29 is 22.7 Å². The number of carboxylic acid groups (broad SMARTS) is 1. The molecule has 0 atom stereocenters. The van der Waals surface area contributed by atoms with Crippen molar-refractivity contribution in [3.05, 3.63) is 29.7 Å². The molecule has 1 rings (SSSR count). The van der Waals surface area contributed by atoms with Gasteiger partial charge in [-0.3, -0.25) is 0 Å². The molecule has 7 heteroatoms. The lowest BCUT2D eigenvalue weighted by Crippen LogP contribution is -2.28. The van der Waals surface area contributed by atoms with Crippen LogP contribution in [0.1, 0.15) is 21.9 Å². The number of rotatable bonds is 5. The molecular formula is C11H15NO5S. The summed E-state index contributed by atoms with van der Waals surface area (Å²) in [6.45, 7) is 6.38. The van der Waals surface area contributed by atoms with Crippen LogP contribution in [0.3, 0.4) is 0 Å². The quantitative estimate of drug-likeness (QED) is 0.819. The van der Waals surface area contributed by atoms with Gasteiger partial charge >= 0.3 is 5.97 Å². The van der Waals surface area contributed by atoms with Crippen LogP contribution in [0.25, 0.3) is 0 Å². The molecule has 0 fully saturated rings. The molecule has 1 heterocycles. The zero-order valence-corrected chi connectivity index (χ0v) is 11.2. The second kappa shape index (κ2) is 4.95. The summed E-state index contributed by atoms with van der Waals surface area (Å²) >= 11 is 0. The summed E-state index contributed by atoms with van der Waals surface area (Å²) in [5.74, 6) is -1.18. The number of hydrogen-bond donors (Lipinski definition) is 1. The van der Waals surface area contributed by atoms with Crippen LogP contribution in [-0.2, 0) is 10.0 Å².